The second-order valence-corrected chi connectivity index (χ2v) is 8.61. The molecule has 1 atom stereocenters. The third kappa shape index (κ3) is 5.53. The topological polar surface area (TPSA) is 119 Å². The second-order valence-electron chi connectivity index (χ2n) is 8.61. The Kier molecular flexibility index (Phi) is 6.90. The zero-order chi connectivity index (χ0) is 25.1. The summed E-state index contributed by atoms with van der Waals surface area (Å²) in [5, 5.41) is 7.05. The molecule has 0 saturated carbocycles. The number of aryl methyl sites for hydroxylation is 4. The lowest BCUT2D eigenvalue weighted by Crippen LogP contribution is -2.28. The molecule has 2 aromatic heterocycles. The lowest BCUT2D eigenvalue weighted by molar-refractivity contribution is -0.151. The Morgan fingerprint density at radius 1 is 1.06 bits per heavy atom. The van der Waals surface area contributed by atoms with Gasteiger partial charge in [-0.2, -0.15) is 9.78 Å². The summed E-state index contributed by atoms with van der Waals surface area (Å²) < 4.78 is 6.67. The van der Waals surface area contributed by atoms with Crippen molar-refractivity contribution in [2.45, 2.75) is 40.5 Å². The van der Waals surface area contributed by atoms with Crippen LogP contribution in [0.2, 0.25) is 0 Å². The van der Waals surface area contributed by atoms with Crippen LogP contribution >= 0.6 is 0 Å². The molecule has 1 aromatic carbocycles. The van der Waals surface area contributed by atoms with E-state index in [2.05, 4.69) is 27.3 Å². The molecule has 182 valence electrons. The minimum atomic E-state index is -0.627. The summed E-state index contributed by atoms with van der Waals surface area (Å²) in [4.78, 5) is 47.9. The van der Waals surface area contributed by atoms with Gasteiger partial charge >= 0.3 is 5.97 Å². The number of anilines is 2. The number of nitrogens with one attached hydrogen (secondary N) is 1. The lowest BCUT2D eigenvalue weighted by atomic mass is 10.1. The normalized spacial score (nSPS) is 15.4. The van der Waals surface area contributed by atoms with Crippen molar-refractivity contribution in [1.82, 2.24) is 19.7 Å². The summed E-state index contributed by atoms with van der Waals surface area (Å²) in [7, 11) is 0. The number of rotatable bonds is 7. The Bertz CT molecular complexity index is 1250. The van der Waals surface area contributed by atoms with Crippen molar-refractivity contribution >= 4 is 29.3 Å². The summed E-state index contributed by atoms with van der Waals surface area (Å²) in [5.41, 5.74) is 4.12. The molecular formula is C25H28N6O4. The Morgan fingerprint density at radius 3 is 2.40 bits per heavy atom. The fraction of sp³-hybridized carbons (Fsp3) is 0.360. The van der Waals surface area contributed by atoms with Gasteiger partial charge in [0.05, 0.1) is 11.6 Å². The lowest BCUT2D eigenvalue weighted by Gasteiger charge is -2.17. The molecule has 0 radical (unpaired) electrons. The number of carbonyl (C=O) groups is 3. The maximum atomic E-state index is 12.6. The van der Waals surface area contributed by atoms with Crippen molar-refractivity contribution in [3.63, 3.8) is 0 Å². The number of ether oxygens (including phenoxy) is 1. The molecule has 1 aliphatic heterocycles. The van der Waals surface area contributed by atoms with Crippen LogP contribution < -0.4 is 10.2 Å². The molecule has 3 aromatic rings. The number of aromatic nitrogens is 4. The SMILES string of the molecule is CCc1ccc(N2CC(C(=O)OCC(=O)Nc3cc(C)nn3-c3nc(C)cc(C)n3)CC2=O)cc1. The van der Waals surface area contributed by atoms with Gasteiger partial charge in [0.1, 0.15) is 5.82 Å². The van der Waals surface area contributed by atoms with E-state index in [4.69, 9.17) is 4.74 Å². The van der Waals surface area contributed by atoms with Crippen molar-refractivity contribution in [2.75, 3.05) is 23.4 Å². The molecule has 1 N–H and O–H groups in total. The van der Waals surface area contributed by atoms with Gasteiger partial charge in [-0.05, 0) is 51.0 Å². The summed E-state index contributed by atoms with van der Waals surface area (Å²) in [6.45, 7) is 7.29. The maximum absolute atomic E-state index is 12.6. The number of hydrogen-bond acceptors (Lipinski definition) is 7. The summed E-state index contributed by atoms with van der Waals surface area (Å²) >= 11 is 0. The van der Waals surface area contributed by atoms with E-state index in [1.165, 1.54) is 10.2 Å². The van der Waals surface area contributed by atoms with Crippen LogP contribution in [0.5, 0.6) is 0 Å². The molecule has 2 amide bonds. The minimum absolute atomic E-state index is 0.0476. The summed E-state index contributed by atoms with van der Waals surface area (Å²) in [6.07, 6.45) is 0.954. The van der Waals surface area contributed by atoms with Crippen LogP contribution in [-0.2, 0) is 25.5 Å². The quantitative estimate of drug-likeness (QED) is 0.521. The van der Waals surface area contributed by atoms with Crippen LogP contribution in [-0.4, -0.2) is 50.7 Å². The molecular weight excluding hydrogens is 448 g/mol. The maximum Gasteiger partial charge on any atom is 0.311 e. The van der Waals surface area contributed by atoms with E-state index >= 15 is 0 Å². The molecule has 1 aliphatic rings. The Morgan fingerprint density at radius 2 is 1.74 bits per heavy atom. The number of amides is 2. The monoisotopic (exact) mass is 476 g/mol. The van der Waals surface area contributed by atoms with E-state index < -0.39 is 24.4 Å². The van der Waals surface area contributed by atoms with Crippen molar-refractivity contribution in [3.05, 3.63) is 59.0 Å². The number of hydrogen-bond donors (Lipinski definition) is 1. The van der Waals surface area contributed by atoms with E-state index in [-0.39, 0.29) is 18.9 Å². The van der Waals surface area contributed by atoms with Gasteiger partial charge in [0.2, 0.25) is 5.91 Å². The van der Waals surface area contributed by atoms with Crippen LogP contribution in [0.3, 0.4) is 0 Å². The molecule has 10 nitrogen and oxygen atoms in total. The Balaban J connectivity index is 1.35. The van der Waals surface area contributed by atoms with E-state index in [9.17, 15) is 14.4 Å². The first kappa shape index (κ1) is 24.1. The zero-order valence-corrected chi connectivity index (χ0v) is 20.2. The van der Waals surface area contributed by atoms with Gasteiger partial charge in [0.25, 0.3) is 11.9 Å². The van der Waals surface area contributed by atoms with Crippen LogP contribution in [0.4, 0.5) is 11.5 Å². The molecule has 1 unspecified atom stereocenters. The second kappa shape index (κ2) is 10.0. The first-order chi connectivity index (χ1) is 16.7. The van der Waals surface area contributed by atoms with Crippen LogP contribution in [0.15, 0.2) is 36.4 Å². The van der Waals surface area contributed by atoms with Crippen molar-refractivity contribution in [1.29, 1.82) is 0 Å². The molecule has 0 bridgehead atoms. The first-order valence-electron chi connectivity index (χ1n) is 11.5. The molecule has 3 heterocycles. The molecule has 35 heavy (non-hydrogen) atoms. The fourth-order valence-corrected chi connectivity index (χ4v) is 4.00. The summed E-state index contributed by atoms with van der Waals surface area (Å²) in [5.74, 6) is -1.18. The molecule has 10 heteroatoms. The van der Waals surface area contributed by atoms with Crippen LogP contribution in [0.25, 0.3) is 5.95 Å². The van der Waals surface area contributed by atoms with Crippen molar-refractivity contribution in [3.8, 4) is 5.95 Å². The molecule has 0 aliphatic carbocycles. The highest BCUT2D eigenvalue weighted by Gasteiger charge is 2.36. The molecule has 1 fully saturated rings. The van der Waals surface area contributed by atoms with Crippen LogP contribution in [0, 0.1) is 26.7 Å². The Labute approximate surface area is 203 Å². The predicted octanol–water partition coefficient (Wildman–Crippen LogP) is 2.68. The van der Waals surface area contributed by atoms with Gasteiger partial charge in [-0.1, -0.05) is 19.1 Å². The third-order valence-electron chi connectivity index (χ3n) is 5.72. The van der Waals surface area contributed by atoms with Crippen molar-refractivity contribution in [2.24, 2.45) is 5.92 Å². The minimum Gasteiger partial charge on any atom is -0.455 e. The van der Waals surface area contributed by atoms with Crippen LogP contribution in [0.1, 0.15) is 36.0 Å². The fourth-order valence-electron chi connectivity index (χ4n) is 4.00. The smallest absolute Gasteiger partial charge is 0.311 e. The van der Waals surface area contributed by atoms with E-state index in [0.717, 1.165) is 23.5 Å². The van der Waals surface area contributed by atoms with Gasteiger partial charge in [-0.25, -0.2) is 9.97 Å². The number of benzene rings is 1. The molecule has 4 rings (SSSR count). The third-order valence-corrected chi connectivity index (χ3v) is 5.72. The standard InChI is InChI=1S/C25H28N6O4/c1-5-18-6-8-20(9-7-18)30-13-19(12-23(30)33)24(34)35-14-22(32)28-21-11-17(4)29-31(21)25-26-15(2)10-16(3)27-25/h6-11,19H,5,12-14H2,1-4H3,(H,28,32). The average molecular weight is 477 g/mol. The highest BCUT2D eigenvalue weighted by molar-refractivity contribution is 6.00. The van der Waals surface area contributed by atoms with Gasteiger partial charge < -0.3 is 15.0 Å². The van der Waals surface area contributed by atoms with Gasteiger partial charge in [-0.15, -0.1) is 0 Å². The van der Waals surface area contributed by atoms with E-state index in [0.29, 0.717) is 17.5 Å². The average Bonchev–Trinajstić information content (AvgIpc) is 3.39. The molecule has 1 saturated heterocycles. The van der Waals surface area contributed by atoms with Gasteiger partial charge in [-0.3, -0.25) is 14.4 Å². The predicted molar refractivity (Wildman–Crippen MR) is 129 cm³/mol. The largest absolute Gasteiger partial charge is 0.455 e. The van der Waals surface area contributed by atoms with E-state index in [1.807, 2.05) is 44.2 Å². The number of esters is 1. The summed E-state index contributed by atoms with van der Waals surface area (Å²) in [6, 6.07) is 11.2. The number of carbonyl (C=O) groups excluding carboxylic acids is 3. The first-order valence-corrected chi connectivity index (χ1v) is 11.5. The van der Waals surface area contributed by atoms with E-state index in [1.54, 1.807) is 17.9 Å². The van der Waals surface area contributed by atoms with Crippen molar-refractivity contribution < 1.29 is 19.1 Å². The number of nitrogens with zero attached hydrogens (tertiary/aromatic N) is 5. The zero-order valence-electron chi connectivity index (χ0n) is 20.2. The highest BCUT2D eigenvalue weighted by atomic mass is 16.5. The highest BCUT2D eigenvalue weighted by Crippen LogP contribution is 2.26. The Hall–Kier alpha value is -4.08. The van der Waals surface area contributed by atoms with Gasteiger partial charge in [0.15, 0.2) is 6.61 Å². The molecule has 0 spiro atoms. The van der Waals surface area contributed by atoms with Gasteiger partial charge in [0, 0.05) is 36.1 Å².